The lowest BCUT2D eigenvalue weighted by Gasteiger charge is -2.20. The molecule has 1 heterocycles. The van der Waals surface area contributed by atoms with E-state index in [2.05, 4.69) is 0 Å². The van der Waals surface area contributed by atoms with Crippen LogP contribution >= 0.6 is 0 Å². The van der Waals surface area contributed by atoms with E-state index < -0.39 is 0 Å². The highest BCUT2D eigenvalue weighted by atomic mass is 16.2. The molecule has 60 valence electrons. The second-order valence-corrected chi connectivity index (χ2v) is 2.64. The first kappa shape index (κ1) is 7.98. The molecule has 1 aliphatic heterocycles. The third kappa shape index (κ3) is 1.31. The molecule has 0 saturated heterocycles. The zero-order valence-corrected chi connectivity index (χ0v) is 6.70. The Kier molecular flexibility index (Phi) is 2.08. The monoisotopic (exact) mass is 153 g/mol. The van der Waals surface area contributed by atoms with E-state index in [-0.39, 0.29) is 17.9 Å². The minimum Gasteiger partial charge on any atom is -0.273 e. The second kappa shape index (κ2) is 2.86. The molecule has 0 radical (unpaired) electrons. The number of carbonyl (C=O) groups excluding carboxylic acids is 2. The summed E-state index contributed by atoms with van der Waals surface area (Å²) in [5.41, 5.74) is 0. The lowest BCUT2D eigenvalue weighted by atomic mass is 10.2. The van der Waals surface area contributed by atoms with Crippen molar-refractivity contribution in [3.8, 4) is 0 Å². The lowest BCUT2D eigenvalue weighted by Crippen LogP contribution is -2.37. The Morgan fingerprint density at radius 2 is 1.82 bits per heavy atom. The minimum atomic E-state index is -0.190. The second-order valence-electron chi connectivity index (χ2n) is 2.64. The Morgan fingerprint density at radius 1 is 1.36 bits per heavy atom. The van der Waals surface area contributed by atoms with Crippen LogP contribution in [0.15, 0.2) is 12.2 Å². The fraction of sp³-hybridized carbons (Fsp3) is 0.500. The van der Waals surface area contributed by atoms with Crippen molar-refractivity contribution in [3.05, 3.63) is 12.2 Å². The van der Waals surface area contributed by atoms with Gasteiger partial charge in [-0.05, 0) is 13.3 Å². The number of carbonyl (C=O) groups is 2. The van der Waals surface area contributed by atoms with Crippen LogP contribution in [-0.4, -0.2) is 22.8 Å². The molecule has 0 spiro atoms. The van der Waals surface area contributed by atoms with Crippen molar-refractivity contribution in [3.63, 3.8) is 0 Å². The molecule has 11 heavy (non-hydrogen) atoms. The van der Waals surface area contributed by atoms with Crippen molar-refractivity contribution in [2.45, 2.75) is 26.3 Å². The smallest absolute Gasteiger partial charge is 0.253 e. The topological polar surface area (TPSA) is 37.4 Å². The van der Waals surface area contributed by atoms with Gasteiger partial charge in [0.1, 0.15) is 0 Å². The molecule has 3 nitrogen and oxygen atoms in total. The van der Waals surface area contributed by atoms with Gasteiger partial charge >= 0.3 is 0 Å². The zero-order valence-electron chi connectivity index (χ0n) is 6.70. The maximum Gasteiger partial charge on any atom is 0.253 e. The molecule has 0 N–H and O–H groups in total. The summed E-state index contributed by atoms with van der Waals surface area (Å²) in [4.78, 5) is 23.3. The first-order chi connectivity index (χ1) is 5.16. The standard InChI is InChI=1S/C8H11NO2/c1-3-6(2)9-7(10)4-5-8(9)11/h4-6H,3H2,1-2H3/t6-/m0/s1. The van der Waals surface area contributed by atoms with Crippen molar-refractivity contribution in [2.75, 3.05) is 0 Å². The predicted octanol–water partition coefficient (Wildman–Crippen LogP) is 0.710. The summed E-state index contributed by atoms with van der Waals surface area (Å²) in [6.07, 6.45) is 3.43. The van der Waals surface area contributed by atoms with Crippen molar-refractivity contribution in [2.24, 2.45) is 0 Å². The van der Waals surface area contributed by atoms with Crippen molar-refractivity contribution >= 4 is 11.8 Å². The van der Waals surface area contributed by atoms with E-state index in [1.807, 2.05) is 13.8 Å². The first-order valence-corrected chi connectivity index (χ1v) is 3.72. The Labute approximate surface area is 65.7 Å². The van der Waals surface area contributed by atoms with Gasteiger partial charge in [0.25, 0.3) is 11.8 Å². The molecule has 0 saturated carbocycles. The summed E-state index contributed by atoms with van der Waals surface area (Å²) in [6, 6.07) is 0.0185. The van der Waals surface area contributed by atoms with Gasteiger partial charge in [-0.3, -0.25) is 14.5 Å². The SMILES string of the molecule is CC[C@H](C)N1C(=O)C=CC1=O. The normalized spacial score (nSPS) is 19.6. The molecule has 0 bridgehead atoms. The van der Waals surface area contributed by atoms with E-state index in [9.17, 15) is 9.59 Å². The Hall–Kier alpha value is -1.12. The molecular formula is C8H11NO2. The molecule has 0 aromatic heterocycles. The number of imide groups is 1. The summed E-state index contributed by atoms with van der Waals surface area (Å²) in [5.74, 6) is -0.381. The molecule has 2 amide bonds. The highest BCUT2D eigenvalue weighted by Crippen LogP contribution is 2.10. The first-order valence-electron chi connectivity index (χ1n) is 3.72. The maximum atomic E-state index is 11.0. The van der Waals surface area contributed by atoms with E-state index in [4.69, 9.17) is 0 Å². The van der Waals surface area contributed by atoms with Gasteiger partial charge in [0.05, 0.1) is 0 Å². The van der Waals surface area contributed by atoms with Crippen LogP contribution in [0.1, 0.15) is 20.3 Å². The van der Waals surface area contributed by atoms with Gasteiger partial charge in [-0.1, -0.05) is 6.92 Å². The lowest BCUT2D eigenvalue weighted by molar-refractivity contribution is -0.139. The van der Waals surface area contributed by atoms with E-state index in [0.29, 0.717) is 0 Å². The molecule has 3 heteroatoms. The summed E-state index contributed by atoms with van der Waals surface area (Å²) < 4.78 is 0. The van der Waals surface area contributed by atoms with Crippen LogP contribution in [0.4, 0.5) is 0 Å². The number of hydrogen-bond donors (Lipinski definition) is 0. The van der Waals surface area contributed by atoms with Gasteiger partial charge in [0.15, 0.2) is 0 Å². The molecule has 0 aliphatic carbocycles. The van der Waals surface area contributed by atoms with Gasteiger partial charge in [-0.2, -0.15) is 0 Å². The molecule has 1 rings (SSSR count). The number of rotatable bonds is 2. The van der Waals surface area contributed by atoms with Crippen LogP contribution in [0, 0.1) is 0 Å². The number of nitrogens with zero attached hydrogens (tertiary/aromatic N) is 1. The minimum absolute atomic E-state index is 0.0185. The van der Waals surface area contributed by atoms with E-state index in [0.717, 1.165) is 6.42 Å². The average Bonchev–Trinajstić information content (AvgIpc) is 2.30. The fourth-order valence-electron chi connectivity index (χ4n) is 1.03. The van der Waals surface area contributed by atoms with Gasteiger partial charge in [-0.25, -0.2) is 0 Å². The predicted molar refractivity (Wildman–Crippen MR) is 40.7 cm³/mol. The van der Waals surface area contributed by atoms with Crippen LogP contribution in [0.5, 0.6) is 0 Å². The zero-order chi connectivity index (χ0) is 8.43. The highest BCUT2D eigenvalue weighted by Gasteiger charge is 2.26. The molecule has 1 atom stereocenters. The summed E-state index contributed by atoms with van der Waals surface area (Å²) in [6.45, 7) is 3.81. The van der Waals surface area contributed by atoms with Crippen LogP contribution in [0.25, 0.3) is 0 Å². The van der Waals surface area contributed by atoms with Gasteiger partial charge in [-0.15, -0.1) is 0 Å². The molecular weight excluding hydrogens is 142 g/mol. The van der Waals surface area contributed by atoms with Crippen molar-refractivity contribution in [1.29, 1.82) is 0 Å². The van der Waals surface area contributed by atoms with Crippen LogP contribution in [0.2, 0.25) is 0 Å². The molecule has 0 unspecified atom stereocenters. The Bertz CT molecular complexity index is 202. The molecule has 0 fully saturated rings. The van der Waals surface area contributed by atoms with Gasteiger partial charge in [0.2, 0.25) is 0 Å². The highest BCUT2D eigenvalue weighted by molar-refractivity contribution is 6.13. The van der Waals surface area contributed by atoms with E-state index in [1.54, 1.807) is 0 Å². The molecule has 1 aliphatic rings. The van der Waals surface area contributed by atoms with Crippen LogP contribution in [0.3, 0.4) is 0 Å². The molecule has 0 aromatic rings. The van der Waals surface area contributed by atoms with Crippen molar-refractivity contribution in [1.82, 2.24) is 4.90 Å². The van der Waals surface area contributed by atoms with Crippen molar-refractivity contribution < 1.29 is 9.59 Å². The maximum absolute atomic E-state index is 11.0. The van der Waals surface area contributed by atoms with Crippen LogP contribution in [-0.2, 0) is 9.59 Å². The van der Waals surface area contributed by atoms with E-state index >= 15 is 0 Å². The summed E-state index contributed by atoms with van der Waals surface area (Å²) in [5, 5.41) is 0. The Morgan fingerprint density at radius 3 is 2.18 bits per heavy atom. The molecule has 0 aromatic carbocycles. The fourth-order valence-corrected chi connectivity index (χ4v) is 1.03. The Balaban J connectivity index is 2.73. The largest absolute Gasteiger partial charge is 0.273 e. The third-order valence-electron chi connectivity index (χ3n) is 1.87. The third-order valence-corrected chi connectivity index (χ3v) is 1.87. The number of hydrogen-bond acceptors (Lipinski definition) is 2. The van der Waals surface area contributed by atoms with Crippen LogP contribution < -0.4 is 0 Å². The quantitative estimate of drug-likeness (QED) is 0.548. The van der Waals surface area contributed by atoms with Gasteiger partial charge in [0, 0.05) is 18.2 Å². The number of amides is 2. The van der Waals surface area contributed by atoms with Gasteiger partial charge < -0.3 is 0 Å². The summed E-state index contributed by atoms with van der Waals surface area (Å²) in [7, 11) is 0. The van der Waals surface area contributed by atoms with E-state index in [1.165, 1.54) is 17.1 Å². The summed E-state index contributed by atoms with van der Waals surface area (Å²) >= 11 is 0. The average molecular weight is 153 g/mol.